The molecular formula is C13H20N2O6. The number of piperazine rings is 1. The van der Waals surface area contributed by atoms with Gasteiger partial charge in [-0.2, -0.15) is 0 Å². The van der Waals surface area contributed by atoms with Crippen LogP contribution < -0.4 is 5.32 Å². The number of esters is 1. The molecule has 0 aromatic heterocycles. The van der Waals surface area contributed by atoms with Crippen LogP contribution in [0.4, 0.5) is 0 Å². The standard InChI is InChI=1S/C13H20N2O6/c1-2-21-12(19)8-9-13(20)14-6-7-15(9)10(16)4-3-5-11(17)18/h9H,2-8H2,1H3,(H,14,20)(H,17,18)/t9-/m0/s1. The summed E-state index contributed by atoms with van der Waals surface area (Å²) >= 11 is 0. The molecule has 2 amide bonds. The molecular weight excluding hydrogens is 280 g/mol. The highest BCUT2D eigenvalue weighted by atomic mass is 16.5. The highest BCUT2D eigenvalue weighted by Crippen LogP contribution is 2.13. The van der Waals surface area contributed by atoms with Crippen LogP contribution in [0.3, 0.4) is 0 Å². The van der Waals surface area contributed by atoms with E-state index in [9.17, 15) is 19.2 Å². The molecule has 1 fully saturated rings. The first-order valence-corrected chi connectivity index (χ1v) is 6.90. The Morgan fingerprint density at radius 3 is 2.71 bits per heavy atom. The Labute approximate surface area is 122 Å². The summed E-state index contributed by atoms with van der Waals surface area (Å²) in [5.41, 5.74) is 0. The fraction of sp³-hybridized carbons (Fsp3) is 0.692. The molecule has 1 aliphatic rings. The van der Waals surface area contributed by atoms with Gasteiger partial charge in [-0.3, -0.25) is 19.2 Å². The van der Waals surface area contributed by atoms with E-state index in [1.54, 1.807) is 6.92 Å². The van der Waals surface area contributed by atoms with E-state index >= 15 is 0 Å². The maximum Gasteiger partial charge on any atom is 0.308 e. The highest BCUT2D eigenvalue weighted by molar-refractivity contribution is 5.92. The molecule has 0 aromatic rings. The number of nitrogens with zero attached hydrogens (tertiary/aromatic N) is 1. The van der Waals surface area contributed by atoms with Gasteiger partial charge in [-0.1, -0.05) is 0 Å². The monoisotopic (exact) mass is 300 g/mol. The summed E-state index contributed by atoms with van der Waals surface area (Å²) in [7, 11) is 0. The van der Waals surface area contributed by atoms with E-state index in [0.29, 0.717) is 13.1 Å². The molecule has 118 valence electrons. The second-order valence-corrected chi connectivity index (χ2v) is 4.65. The summed E-state index contributed by atoms with van der Waals surface area (Å²) in [4.78, 5) is 47.2. The smallest absolute Gasteiger partial charge is 0.308 e. The van der Waals surface area contributed by atoms with Gasteiger partial charge in [0.1, 0.15) is 6.04 Å². The molecule has 0 spiro atoms. The van der Waals surface area contributed by atoms with Crippen molar-refractivity contribution in [1.82, 2.24) is 10.2 Å². The third-order valence-electron chi connectivity index (χ3n) is 3.10. The average molecular weight is 300 g/mol. The van der Waals surface area contributed by atoms with E-state index in [0.717, 1.165) is 0 Å². The Morgan fingerprint density at radius 2 is 2.10 bits per heavy atom. The summed E-state index contributed by atoms with van der Waals surface area (Å²) in [5.74, 6) is -2.22. The van der Waals surface area contributed by atoms with E-state index in [1.165, 1.54) is 4.90 Å². The van der Waals surface area contributed by atoms with Gasteiger partial charge in [0.25, 0.3) is 0 Å². The van der Waals surface area contributed by atoms with Gasteiger partial charge in [0.2, 0.25) is 11.8 Å². The first kappa shape index (κ1) is 16.9. The predicted octanol–water partition coefficient (Wildman–Crippen LogP) is -0.478. The summed E-state index contributed by atoms with van der Waals surface area (Å²) in [6, 6.07) is -0.880. The number of carbonyl (C=O) groups is 4. The van der Waals surface area contributed by atoms with Crippen LogP contribution in [-0.2, 0) is 23.9 Å². The van der Waals surface area contributed by atoms with Crippen LogP contribution in [-0.4, -0.2) is 59.5 Å². The number of nitrogens with one attached hydrogen (secondary N) is 1. The number of carbonyl (C=O) groups excluding carboxylic acids is 3. The SMILES string of the molecule is CCOC(=O)C[C@H]1C(=O)NCCN1C(=O)CCCC(=O)O. The van der Waals surface area contributed by atoms with Gasteiger partial charge in [-0.15, -0.1) is 0 Å². The lowest BCUT2D eigenvalue weighted by Gasteiger charge is -2.34. The fourth-order valence-electron chi connectivity index (χ4n) is 2.13. The maximum absolute atomic E-state index is 12.1. The summed E-state index contributed by atoms with van der Waals surface area (Å²) in [6.45, 7) is 2.50. The van der Waals surface area contributed by atoms with E-state index in [1.807, 2.05) is 0 Å². The molecule has 1 aliphatic heterocycles. The number of carboxylic acid groups (broad SMARTS) is 1. The molecule has 0 aromatic carbocycles. The second kappa shape index (κ2) is 8.23. The van der Waals surface area contributed by atoms with Crippen molar-refractivity contribution in [3.05, 3.63) is 0 Å². The Bertz CT molecular complexity index is 423. The van der Waals surface area contributed by atoms with E-state index < -0.39 is 18.0 Å². The topological polar surface area (TPSA) is 113 Å². The Kier molecular flexibility index (Phi) is 6.64. The minimum atomic E-state index is -0.970. The number of hydrogen-bond donors (Lipinski definition) is 2. The Hall–Kier alpha value is -2.12. The summed E-state index contributed by atoms with van der Waals surface area (Å²) in [6.07, 6.45) is -0.0457. The molecule has 0 radical (unpaired) electrons. The predicted molar refractivity (Wildman–Crippen MR) is 71.2 cm³/mol. The fourth-order valence-corrected chi connectivity index (χ4v) is 2.13. The summed E-state index contributed by atoms with van der Waals surface area (Å²) < 4.78 is 4.80. The average Bonchev–Trinajstić information content (AvgIpc) is 2.40. The zero-order valence-corrected chi connectivity index (χ0v) is 12.0. The quantitative estimate of drug-likeness (QED) is 0.614. The number of hydrogen-bond acceptors (Lipinski definition) is 5. The Morgan fingerprint density at radius 1 is 1.38 bits per heavy atom. The lowest BCUT2D eigenvalue weighted by molar-refractivity contribution is -0.151. The third-order valence-corrected chi connectivity index (χ3v) is 3.10. The largest absolute Gasteiger partial charge is 0.481 e. The zero-order valence-electron chi connectivity index (χ0n) is 12.0. The van der Waals surface area contributed by atoms with E-state index in [2.05, 4.69) is 5.32 Å². The van der Waals surface area contributed by atoms with Crippen molar-refractivity contribution in [3.63, 3.8) is 0 Å². The van der Waals surface area contributed by atoms with Crippen LogP contribution in [0.15, 0.2) is 0 Å². The van der Waals surface area contributed by atoms with Crippen LogP contribution in [0.2, 0.25) is 0 Å². The lowest BCUT2D eigenvalue weighted by Crippen LogP contribution is -2.57. The van der Waals surface area contributed by atoms with Crippen molar-refractivity contribution in [1.29, 1.82) is 0 Å². The van der Waals surface area contributed by atoms with E-state index in [-0.39, 0.29) is 44.1 Å². The molecule has 0 unspecified atom stereocenters. The van der Waals surface area contributed by atoms with Gasteiger partial charge in [0.15, 0.2) is 0 Å². The van der Waals surface area contributed by atoms with Gasteiger partial charge >= 0.3 is 11.9 Å². The number of carboxylic acids is 1. The molecule has 8 heteroatoms. The van der Waals surface area contributed by atoms with Crippen molar-refractivity contribution in [2.45, 2.75) is 38.6 Å². The van der Waals surface area contributed by atoms with Crippen LogP contribution in [0.5, 0.6) is 0 Å². The number of ether oxygens (including phenoxy) is 1. The van der Waals surface area contributed by atoms with Crippen molar-refractivity contribution >= 4 is 23.8 Å². The van der Waals surface area contributed by atoms with Crippen molar-refractivity contribution in [3.8, 4) is 0 Å². The lowest BCUT2D eigenvalue weighted by atomic mass is 10.1. The molecule has 1 atom stereocenters. The van der Waals surface area contributed by atoms with Gasteiger partial charge in [0, 0.05) is 25.9 Å². The van der Waals surface area contributed by atoms with E-state index in [4.69, 9.17) is 9.84 Å². The van der Waals surface area contributed by atoms with Crippen molar-refractivity contribution < 1.29 is 29.0 Å². The number of rotatable bonds is 7. The van der Waals surface area contributed by atoms with Gasteiger partial charge in [-0.25, -0.2) is 0 Å². The van der Waals surface area contributed by atoms with Crippen molar-refractivity contribution in [2.24, 2.45) is 0 Å². The van der Waals surface area contributed by atoms with Crippen LogP contribution in [0.25, 0.3) is 0 Å². The highest BCUT2D eigenvalue weighted by Gasteiger charge is 2.34. The molecule has 0 saturated carbocycles. The molecule has 0 aliphatic carbocycles. The molecule has 0 bridgehead atoms. The Balaban J connectivity index is 2.62. The van der Waals surface area contributed by atoms with Crippen LogP contribution in [0.1, 0.15) is 32.6 Å². The number of aliphatic carboxylic acids is 1. The van der Waals surface area contributed by atoms with Gasteiger partial charge in [0.05, 0.1) is 13.0 Å². The van der Waals surface area contributed by atoms with Gasteiger partial charge in [-0.05, 0) is 13.3 Å². The molecule has 8 nitrogen and oxygen atoms in total. The molecule has 21 heavy (non-hydrogen) atoms. The van der Waals surface area contributed by atoms with Gasteiger partial charge < -0.3 is 20.1 Å². The zero-order chi connectivity index (χ0) is 15.8. The molecule has 1 rings (SSSR count). The van der Waals surface area contributed by atoms with Crippen LogP contribution in [0, 0.1) is 0 Å². The molecule has 1 saturated heterocycles. The first-order valence-electron chi connectivity index (χ1n) is 6.90. The molecule has 1 heterocycles. The van der Waals surface area contributed by atoms with Crippen LogP contribution >= 0.6 is 0 Å². The minimum Gasteiger partial charge on any atom is -0.481 e. The first-order chi connectivity index (χ1) is 9.95. The second-order valence-electron chi connectivity index (χ2n) is 4.65. The van der Waals surface area contributed by atoms with Crippen molar-refractivity contribution in [2.75, 3.05) is 19.7 Å². The summed E-state index contributed by atoms with van der Waals surface area (Å²) in [5, 5.41) is 11.2. The molecule has 2 N–H and O–H groups in total. The third kappa shape index (κ3) is 5.41. The minimum absolute atomic E-state index is 0.0406. The maximum atomic E-state index is 12.1. The number of amides is 2. The normalized spacial score (nSPS) is 18.0.